The molecule has 0 aromatic heterocycles. The van der Waals surface area contributed by atoms with Gasteiger partial charge in [0, 0.05) is 38.1 Å². The highest BCUT2D eigenvalue weighted by Gasteiger charge is 2.31. The molecule has 0 bridgehead atoms. The van der Waals surface area contributed by atoms with Crippen LogP contribution in [0.4, 0.5) is 4.39 Å². The van der Waals surface area contributed by atoms with Crippen molar-refractivity contribution < 1.29 is 23.8 Å². The number of aryl methyl sites for hydroxylation is 2. The topological polar surface area (TPSA) is 70.1 Å². The minimum Gasteiger partial charge on any atom is -0.482 e. The maximum atomic E-state index is 13.2. The summed E-state index contributed by atoms with van der Waals surface area (Å²) in [4.78, 5) is 28.1. The summed E-state index contributed by atoms with van der Waals surface area (Å²) in [7, 11) is 0. The maximum absolute atomic E-state index is 13.2. The Kier molecular flexibility index (Phi) is 7.85. The Balaban J connectivity index is 1.58. The molecular weight excluding hydrogens is 411 g/mol. The van der Waals surface area contributed by atoms with Crippen LogP contribution in [0.3, 0.4) is 0 Å². The molecule has 0 aliphatic carbocycles. The van der Waals surface area contributed by atoms with Gasteiger partial charge in [-0.15, -0.1) is 0 Å². The number of hydrogen-bond acceptors (Lipinski definition) is 4. The van der Waals surface area contributed by atoms with Gasteiger partial charge in [-0.25, -0.2) is 9.18 Å². The smallest absolute Gasteiger partial charge is 0.341 e. The van der Waals surface area contributed by atoms with E-state index >= 15 is 0 Å². The molecule has 2 unspecified atom stereocenters. The number of aliphatic carboxylic acids is 1. The molecule has 1 heterocycles. The molecule has 6 nitrogen and oxygen atoms in total. The number of carboxylic acids is 1. The lowest BCUT2D eigenvalue weighted by molar-refractivity contribution is -0.139. The minimum absolute atomic E-state index is 0.0693. The Morgan fingerprint density at radius 3 is 2.50 bits per heavy atom. The number of carboxylic acid groups (broad SMARTS) is 1. The SMILES string of the molecule is Cc1ccc(CCC(=O)N2CC(C)N(Cc3ccc(F)cc3)CC2C)c(OCC(=O)O)c1. The molecule has 0 radical (unpaired) electrons. The first-order chi connectivity index (χ1) is 15.2. The normalized spacial score (nSPS) is 19.1. The van der Waals surface area contributed by atoms with Crippen LogP contribution in [0.25, 0.3) is 0 Å². The Morgan fingerprint density at radius 2 is 1.81 bits per heavy atom. The van der Waals surface area contributed by atoms with Crippen molar-refractivity contribution >= 4 is 11.9 Å². The lowest BCUT2D eigenvalue weighted by Gasteiger charge is -2.44. The molecule has 0 spiro atoms. The molecule has 2 aromatic carbocycles. The van der Waals surface area contributed by atoms with Crippen LogP contribution in [0.5, 0.6) is 5.75 Å². The Hall–Kier alpha value is -2.93. The van der Waals surface area contributed by atoms with E-state index < -0.39 is 12.6 Å². The fraction of sp³-hybridized carbons (Fsp3) is 0.440. The van der Waals surface area contributed by atoms with E-state index in [9.17, 15) is 14.0 Å². The first kappa shape index (κ1) is 23.7. The van der Waals surface area contributed by atoms with E-state index in [2.05, 4.69) is 18.7 Å². The van der Waals surface area contributed by atoms with Crippen LogP contribution >= 0.6 is 0 Å². The average molecular weight is 443 g/mol. The van der Waals surface area contributed by atoms with Crippen molar-refractivity contribution in [3.05, 3.63) is 65.0 Å². The van der Waals surface area contributed by atoms with Crippen LogP contribution in [0, 0.1) is 12.7 Å². The summed E-state index contributed by atoms with van der Waals surface area (Å²) in [5.41, 5.74) is 2.86. The summed E-state index contributed by atoms with van der Waals surface area (Å²) in [5.74, 6) is -0.674. The highest BCUT2D eigenvalue weighted by molar-refractivity contribution is 5.77. The zero-order valence-corrected chi connectivity index (χ0v) is 18.9. The Labute approximate surface area is 188 Å². The van der Waals surface area contributed by atoms with Gasteiger partial charge in [-0.3, -0.25) is 9.69 Å². The number of nitrogens with zero attached hydrogens (tertiary/aromatic N) is 2. The van der Waals surface area contributed by atoms with Gasteiger partial charge in [-0.05, 0) is 62.1 Å². The van der Waals surface area contributed by atoms with E-state index in [-0.39, 0.29) is 23.8 Å². The molecular formula is C25H31FN2O4. The lowest BCUT2D eigenvalue weighted by atomic mass is 10.0. The lowest BCUT2D eigenvalue weighted by Crippen LogP contribution is -2.57. The largest absolute Gasteiger partial charge is 0.482 e. The van der Waals surface area contributed by atoms with Crippen LogP contribution in [0.2, 0.25) is 0 Å². The highest BCUT2D eigenvalue weighted by Crippen LogP contribution is 2.24. The molecule has 3 rings (SSSR count). The molecule has 2 aromatic rings. The zero-order chi connectivity index (χ0) is 23.3. The second-order valence-electron chi connectivity index (χ2n) is 8.59. The molecule has 7 heteroatoms. The van der Waals surface area contributed by atoms with E-state index in [1.807, 2.05) is 30.0 Å². The predicted molar refractivity (Wildman–Crippen MR) is 120 cm³/mol. The van der Waals surface area contributed by atoms with Crippen molar-refractivity contribution in [1.82, 2.24) is 9.80 Å². The van der Waals surface area contributed by atoms with Crippen LogP contribution in [0.1, 0.15) is 37.0 Å². The summed E-state index contributed by atoms with van der Waals surface area (Å²) in [5, 5.41) is 8.90. The van der Waals surface area contributed by atoms with Gasteiger partial charge in [0.1, 0.15) is 11.6 Å². The third kappa shape index (κ3) is 6.29. The molecule has 1 saturated heterocycles. The first-order valence-electron chi connectivity index (χ1n) is 10.9. The maximum Gasteiger partial charge on any atom is 0.341 e. The molecule has 1 amide bonds. The van der Waals surface area contributed by atoms with Crippen LogP contribution in [-0.4, -0.2) is 58.6 Å². The molecule has 1 aliphatic rings. The van der Waals surface area contributed by atoms with Crippen LogP contribution < -0.4 is 4.74 Å². The molecule has 0 saturated carbocycles. The van der Waals surface area contributed by atoms with Crippen molar-refractivity contribution in [3.63, 3.8) is 0 Å². The van der Waals surface area contributed by atoms with Gasteiger partial charge in [0.05, 0.1) is 0 Å². The molecule has 2 atom stereocenters. The number of halogens is 1. The van der Waals surface area contributed by atoms with E-state index in [0.717, 1.165) is 29.8 Å². The van der Waals surface area contributed by atoms with Crippen LogP contribution in [0.15, 0.2) is 42.5 Å². The fourth-order valence-electron chi connectivity index (χ4n) is 4.12. The second kappa shape index (κ2) is 10.6. The number of piperazine rings is 1. The molecule has 1 fully saturated rings. The van der Waals surface area contributed by atoms with Crippen LogP contribution in [-0.2, 0) is 22.6 Å². The number of rotatable bonds is 8. The molecule has 32 heavy (non-hydrogen) atoms. The number of carbonyl (C=O) groups is 2. The van der Waals surface area contributed by atoms with Gasteiger partial charge in [0.25, 0.3) is 0 Å². The van der Waals surface area contributed by atoms with Crippen molar-refractivity contribution in [2.75, 3.05) is 19.7 Å². The van der Waals surface area contributed by atoms with Gasteiger partial charge in [-0.1, -0.05) is 24.3 Å². The summed E-state index contributed by atoms with van der Waals surface area (Å²) in [6, 6.07) is 12.5. The van der Waals surface area contributed by atoms with Gasteiger partial charge in [0.15, 0.2) is 6.61 Å². The minimum atomic E-state index is -1.03. The number of carbonyl (C=O) groups excluding carboxylic acids is 1. The standard InChI is InChI=1S/C25H31FN2O4/c1-17-4-7-21(23(12-17)32-16-25(30)31)8-11-24(29)28-14-18(2)27(13-19(28)3)15-20-5-9-22(26)10-6-20/h4-7,9-10,12,18-19H,8,11,13-16H2,1-3H3,(H,30,31). The Morgan fingerprint density at radius 1 is 1.09 bits per heavy atom. The van der Waals surface area contributed by atoms with Gasteiger partial charge in [-0.2, -0.15) is 0 Å². The van der Waals surface area contributed by atoms with Crippen molar-refractivity contribution in [3.8, 4) is 5.75 Å². The van der Waals surface area contributed by atoms with Crippen molar-refractivity contribution in [2.45, 2.75) is 52.2 Å². The van der Waals surface area contributed by atoms with Gasteiger partial charge in [0.2, 0.25) is 5.91 Å². The third-order valence-electron chi connectivity index (χ3n) is 5.92. The highest BCUT2D eigenvalue weighted by atomic mass is 19.1. The third-order valence-corrected chi connectivity index (χ3v) is 5.92. The monoisotopic (exact) mass is 442 g/mol. The molecule has 1 N–H and O–H groups in total. The summed E-state index contributed by atoms with van der Waals surface area (Å²) in [6.45, 7) is 7.77. The van der Waals surface area contributed by atoms with E-state index in [1.165, 1.54) is 12.1 Å². The number of hydrogen-bond donors (Lipinski definition) is 1. The second-order valence-corrected chi connectivity index (χ2v) is 8.59. The first-order valence-corrected chi connectivity index (χ1v) is 10.9. The summed E-state index contributed by atoms with van der Waals surface area (Å²) >= 11 is 0. The van der Waals surface area contributed by atoms with E-state index in [0.29, 0.717) is 25.1 Å². The number of amides is 1. The summed E-state index contributed by atoms with van der Waals surface area (Å²) < 4.78 is 18.6. The molecule has 1 aliphatic heterocycles. The van der Waals surface area contributed by atoms with Crippen molar-refractivity contribution in [2.24, 2.45) is 0 Å². The predicted octanol–water partition coefficient (Wildman–Crippen LogP) is 3.65. The number of benzene rings is 2. The average Bonchev–Trinajstić information content (AvgIpc) is 2.75. The summed E-state index contributed by atoms with van der Waals surface area (Å²) in [6.07, 6.45) is 0.826. The fourth-order valence-corrected chi connectivity index (χ4v) is 4.12. The van der Waals surface area contributed by atoms with E-state index in [4.69, 9.17) is 9.84 Å². The van der Waals surface area contributed by atoms with Gasteiger partial charge >= 0.3 is 5.97 Å². The number of ether oxygens (including phenoxy) is 1. The quantitative estimate of drug-likeness (QED) is 0.676. The van der Waals surface area contributed by atoms with Crippen molar-refractivity contribution in [1.29, 1.82) is 0 Å². The Bertz CT molecular complexity index is 947. The molecule has 172 valence electrons. The van der Waals surface area contributed by atoms with E-state index in [1.54, 1.807) is 12.1 Å². The van der Waals surface area contributed by atoms with Gasteiger partial charge < -0.3 is 14.7 Å². The zero-order valence-electron chi connectivity index (χ0n) is 18.9.